The van der Waals surface area contributed by atoms with E-state index in [-0.39, 0.29) is 25.7 Å². The van der Waals surface area contributed by atoms with Crippen LogP contribution in [0.15, 0.2) is 0 Å². The molecule has 0 saturated heterocycles. The maximum atomic E-state index is 13.0. The third-order valence-electron chi connectivity index (χ3n) is 18.0. The Morgan fingerprint density at radius 3 is 0.755 bits per heavy atom. The van der Waals surface area contributed by atoms with Crippen molar-refractivity contribution in [2.24, 2.45) is 23.7 Å². The fourth-order valence-electron chi connectivity index (χ4n) is 11.3. The van der Waals surface area contributed by atoms with Gasteiger partial charge in [0.2, 0.25) is 0 Å². The average Bonchev–Trinajstić information content (AvgIpc) is 1.37. The Morgan fingerprint density at radius 1 is 0.298 bits per heavy atom. The van der Waals surface area contributed by atoms with Gasteiger partial charge in [0.25, 0.3) is 0 Å². The topological polar surface area (TPSA) is 237 Å². The summed E-state index contributed by atoms with van der Waals surface area (Å²) in [5.41, 5.74) is 0. The first kappa shape index (κ1) is 92.1. The zero-order chi connectivity index (χ0) is 69.6. The summed E-state index contributed by atoms with van der Waals surface area (Å²) in [6.45, 7) is 14.1. The van der Waals surface area contributed by atoms with Gasteiger partial charge in [-0.05, 0) is 49.4 Å². The maximum Gasteiger partial charge on any atom is 0.472 e. The highest BCUT2D eigenvalue weighted by molar-refractivity contribution is 7.47. The SMILES string of the molecule is CCC(C)CCCCCCCCCCCCCCCCCCCCC(=O)O[C@H](COC(=O)CCCCCCCCC(C)C)COP(=O)(O)OC[C@@H](O)COP(=O)(O)OC[C@@H](COC(=O)CCCCCCCCC(C)CC)OC(=O)CCCCCCCCCCCCC(C)C. The van der Waals surface area contributed by atoms with Gasteiger partial charge in [0.05, 0.1) is 26.4 Å². The van der Waals surface area contributed by atoms with Gasteiger partial charge in [-0.1, -0.05) is 325 Å². The molecule has 0 radical (unpaired) electrons. The van der Waals surface area contributed by atoms with Crippen molar-refractivity contribution in [2.75, 3.05) is 39.6 Å². The van der Waals surface area contributed by atoms with E-state index in [1.165, 1.54) is 167 Å². The van der Waals surface area contributed by atoms with Crippen molar-refractivity contribution >= 4 is 39.5 Å². The molecule has 17 nitrogen and oxygen atoms in total. The number of aliphatic hydroxyl groups excluding tert-OH is 1. The summed E-state index contributed by atoms with van der Waals surface area (Å²) in [5.74, 6) is 0.906. The summed E-state index contributed by atoms with van der Waals surface area (Å²) in [6.07, 6.45) is 48.9. The summed E-state index contributed by atoms with van der Waals surface area (Å²) in [7, 11) is -9.91. The lowest BCUT2D eigenvalue weighted by Crippen LogP contribution is -2.30. The van der Waals surface area contributed by atoms with Crippen LogP contribution in [0.4, 0.5) is 0 Å². The molecule has 0 spiro atoms. The minimum absolute atomic E-state index is 0.104. The number of ether oxygens (including phenoxy) is 4. The predicted octanol–water partition coefficient (Wildman–Crippen LogP) is 21.7. The second-order valence-corrected chi connectivity index (χ2v) is 31.4. The fourth-order valence-corrected chi connectivity index (χ4v) is 12.9. The molecule has 0 heterocycles. The molecule has 4 unspecified atom stereocenters. The number of aliphatic hydroxyl groups is 1. The van der Waals surface area contributed by atoms with Crippen molar-refractivity contribution in [3.63, 3.8) is 0 Å². The van der Waals surface area contributed by atoms with E-state index in [4.69, 9.17) is 37.0 Å². The largest absolute Gasteiger partial charge is 0.472 e. The fraction of sp³-hybridized carbons (Fsp3) is 0.947. The van der Waals surface area contributed by atoms with E-state index in [0.717, 1.165) is 120 Å². The summed E-state index contributed by atoms with van der Waals surface area (Å²) in [5, 5.41) is 10.6. The van der Waals surface area contributed by atoms with Crippen molar-refractivity contribution in [1.82, 2.24) is 0 Å². The summed E-state index contributed by atoms with van der Waals surface area (Å²) in [6, 6.07) is 0. The van der Waals surface area contributed by atoms with Crippen LogP contribution in [-0.4, -0.2) is 96.7 Å². The zero-order valence-corrected chi connectivity index (χ0v) is 63.4. The quantitative estimate of drug-likeness (QED) is 0.0222. The maximum absolute atomic E-state index is 13.0. The van der Waals surface area contributed by atoms with E-state index < -0.39 is 97.5 Å². The lowest BCUT2D eigenvalue weighted by Gasteiger charge is -2.21. The molecule has 7 atom stereocenters. The number of carbonyl (C=O) groups is 4. The first-order chi connectivity index (χ1) is 45.2. The number of rotatable bonds is 72. The second kappa shape index (κ2) is 64.4. The summed E-state index contributed by atoms with van der Waals surface area (Å²) >= 11 is 0. The molecular weight excluding hydrogens is 1230 g/mol. The van der Waals surface area contributed by atoms with Gasteiger partial charge in [0, 0.05) is 25.7 Å². The smallest absolute Gasteiger partial charge is 0.462 e. The minimum atomic E-state index is -4.96. The molecule has 0 aromatic carbocycles. The average molecular weight is 1380 g/mol. The van der Waals surface area contributed by atoms with Gasteiger partial charge in [0.1, 0.15) is 19.3 Å². The molecule has 3 N–H and O–H groups in total. The van der Waals surface area contributed by atoms with E-state index >= 15 is 0 Å². The van der Waals surface area contributed by atoms with E-state index in [9.17, 15) is 43.2 Å². The second-order valence-electron chi connectivity index (χ2n) is 28.5. The minimum Gasteiger partial charge on any atom is -0.462 e. The number of phosphoric ester groups is 2. The summed E-state index contributed by atoms with van der Waals surface area (Å²) < 4.78 is 68.4. The van der Waals surface area contributed by atoms with Crippen LogP contribution in [-0.2, 0) is 65.4 Å². The Kier molecular flexibility index (Phi) is 63.1. The highest BCUT2D eigenvalue weighted by atomic mass is 31.2. The number of esters is 4. The van der Waals surface area contributed by atoms with Gasteiger partial charge in [-0.3, -0.25) is 37.3 Å². The molecule has 0 amide bonds. The standard InChI is InChI=1S/C75H146O17P2/c1-9-67(7)53-45-37-28-24-19-17-15-13-11-12-14-16-18-20-25-29-41-49-57-74(79)91-70(61-85-72(77)55-47-39-33-31-36-44-52-66(5)6)63-89-93(81,82)87-59-69(76)60-88-94(83,84)90-64-71(62-86-73(78)56-48-40-34-32-38-46-54-68(8)10-2)92-75(80)58-50-42-30-26-22-21-23-27-35-43-51-65(3)4/h65-71,76H,9-64H2,1-8H3,(H,81,82)(H,83,84)/t67?,68?,69-,70-,71-/m1/s1. The van der Waals surface area contributed by atoms with Crippen molar-refractivity contribution in [3.8, 4) is 0 Å². The van der Waals surface area contributed by atoms with E-state index in [0.29, 0.717) is 31.6 Å². The van der Waals surface area contributed by atoms with E-state index in [1.54, 1.807) is 0 Å². The molecule has 0 saturated carbocycles. The van der Waals surface area contributed by atoms with Gasteiger partial charge in [-0.15, -0.1) is 0 Å². The Bertz CT molecular complexity index is 1850. The Hall–Kier alpha value is -1.94. The third kappa shape index (κ3) is 66.0. The highest BCUT2D eigenvalue weighted by Crippen LogP contribution is 2.45. The Balaban J connectivity index is 5.15. The third-order valence-corrected chi connectivity index (χ3v) is 19.9. The molecule has 0 fully saturated rings. The zero-order valence-electron chi connectivity index (χ0n) is 61.6. The number of unbranched alkanes of at least 4 members (excludes halogenated alkanes) is 36. The van der Waals surface area contributed by atoms with Crippen molar-refractivity contribution in [3.05, 3.63) is 0 Å². The number of hydrogen-bond donors (Lipinski definition) is 3. The van der Waals surface area contributed by atoms with Crippen LogP contribution in [0, 0.1) is 23.7 Å². The lowest BCUT2D eigenvalue weighted by molar-refractivity contribution is -0.161. The number of carbonyl (C=O) groups excluding carboxylic acids is 4. The molecule has 0 bridgehead atoms. The molecule has 0 aromatic heterocycles. The first-order valence-corrected chi connectivity index (χ1v) is 41.8. The van der Waals surface area contributed by atoms with Crippen molar-refractivity contribution in [2.45, 2.75) is 395 Å². The molecule has 0 aromatic rings. The van der Waals surface area contributed by atoms with Gasteiger partial charge >= 0.3 is 39.5 Å². The van der Waals surface area contributed by atoms with E-state index in [1.807, 2.05) is 0 Å². The summed E-state index contributed by atoms with van der Waals surface area (Å²) in [4.78, 5) is 72.6. The van der Waals surface area contributed by atoms with Crippen molar-refractivity contribution < 1.29 is 80.2 Å². The first-order valence-electron chi connectivity index (χ1n) is 38.8. The van der Waals surface area contributed by atoms with Gasteiger partial charge < -0.3 is 33.8 Å². The molecule has 0 rings (SSSR count). The lowest BCUT2D eigenvalue weighted by atomic mass is 9.99. The Labute approximate surface area is 575 Å². The molecule has 0 aliphatic heterocycles. The van der Waals surface area contributed by atoms with Gasteiger partial charge in [-0.2, -0.15) is 0 Å². The van der Waals surface area contributed by atoms with Crippen molar-refractivity contribution in [1.29, 1.82) is 0 Å². The molecule has 558 valence electrons. The molecule has 0 aliphatic rings. The van der Waals surface area contributed by atoms with Gasteiger partial charge in [-0.25, -0.2) is 9.13 Å². The van der Waals surface area contributed by atoms with E-state index in [2.05, 4.69) is 55.4 Å². The molecular formula is C75H146O17P2. The Morgan fingerprint density at radius 2 is 0.511 bits per heavy atom. The van der Waals surface area contributed by atoms with Crippen LogP contribution in [0.5, 0.6) is 0 Å². The number of hydrogen-bond acceptors (Lipinski definition) is 15. The van der Waals surface area contributed by atoms with Crippen LogP contribution in [0.3, 0.4) is 0 Å². The van der Waals surface area contributed by atoms with Crippen LogP contribution < -0.4 is 0 Å². The molecule has 94 heavy (non-hydrogen) atoms. The van der Waals surface area contributed by atoms with Crippen LogP contribution in [0.2, 0.25) is 0 Å². The van der Waals surface area contributed by atoms with Crippen LogP contribution in [0.25, 0.3) is 0 Å². The molecule has 0 aliphatic carbocycles. The predicted molar refractivity (Wildman–Crippen MR) is 381 cm³/mol. The van der Waals surface area contributed by atoms with Crippen LogP contribution in [0.1, 0.15) is 376 Å². The molecule has 19 heteroatoms. The monoisotopic (exact) mass is 1380 g/mol. The normalized spacial score (nSPS) is 14.7. The number of phosphoric acid groups is 2. The van der Waals surface area contributed by atoms with Gasteiger partial charge in [0.15, 0.2) is 12.2 Å². The van der Waals surface area contributed by atoms with Crippen LogP contribution >= 0.6 is 15.6 Å². The highest BCUT2D eigenvalue weighted by Gasteiger charge is 2.30.